The fourth-order valence-corrected chi connectivity index (χ4v) is 3.48. The van der Waals surface area contributed by atoms with Crippen molar-refractivity contribution in [2.75, 3.05) is 10.6 Å². The SMILES string of the molecule is CCC(CC)Nc1ncc(C(=O)Nc2cc(C(=O)NC3CC3)ccc2C)s1. The maximum atomic E-state index is 12.6. The number of anilines is 2. The molecule has 3 rings (SSSR count). The number of rotatable bonds is 8. The number of amides is 2. The van der Waals surface area contributed by atoms with Gasteiger partial charge in [0.1, 0.15) is 4.88 Å². The Morgan fingerprint density at radius 1 is 1.22 bits per heavy atom. The number of thiazole rings is 1. The molecule has 27 heavy (non-hydrogen) atoms. The van der Waals surface area contributed by atoms with E-state index in [1.807, 2.05) is 13.0 Å². The molecule has 1 aromatic carbocycles. The second kappa shape index (κ2) is 8.52. The molecule has 0 atom stereocenters. The quantitative estimate of drug-likeness (QED) is 0.635. The summed E-state index contributed by atoms with van der Waals surface area (Å²) in [6.07, 6.45) is 5.68. The molecule has 3 N–H and O–H groups in total. The molecule has 0 saturated heterocycles. The van der Waals surface area contributed by atoms with Crippen LogP contribution in [0.3, 0.4) is 0 Å². The minimum Gasteiger partial charge on any atom is -0.359 e. The van der Waals surface area contributed by atoms with Crippen molar-refractivity contribution in [3.8, 4) is 0 Å². The summed E-state index contributed by atoms with van der Waals surface area (Å²) >= 11 is 1.34. The van der Waals surface area contributed by atoms with Crippen molar-refractivity contribution in [3.63, 3.8) is 0 Å². The Labute approximate surface area is 163 Å². The van der Waals surface area contributed by atoms with Gasteiger partial charge in [0.25, 0.3) is 11.8 Å². The van der Waals surface area contributed by atoms with Crippen molar-refractivity contribution >= 4 is 34.0 Å². The number of benzene rings is 1. The standard InChI is InChI=1S/C20H26N4O2S/c1-4-14(5-2)23-20-21-11-17(27-20)19(26)24-16-10-13(7-6-12(16)3)18(25)22-15-8-9-15/h6-7,10-11,14-15H,4-5,8-9H2,1-3H3,(H,21,23)(H,22,25)(H,24,26). The van der Waals surface area contributed by atoms with Gasteiger partial charge in [-0.2, -0.15) is 0 Å². The summed E-state index contributed by atoms with van der Waals surface area (Å²) in [7, 11) is 0. The van der Waals surface area contributed by atoms with E-state index < -0.39 is 0 Å². The number of hydrogen-bond donors (Lipinski definition) is 3. The molecule has 0 aliphatic heterocycles. The Bertz CT molecular complexity index is 825. The van der Waals surface area contributed by atoms with Crippen LogP contribution in [0.25, 0.3) is 0 Å². The van der Waals surface area contributed by atoms with E-state index in [4.69, 9.17) is 0 Å². The summed E-state index contributed by atoms with van der Waals surface area (Å²) in [5.74, 6) is -0.310. The van der Waals surface area contributed by atoms with Crippen molar-refractivity contribution in [1.82, 2.24) is 10.3 Å². The molecule has 0 spiro atoms. The Kier molecular flexibility index (Phi) is 6.11. The van der Waals surface area contributed by atoms with Crippen molar-refractivity contribution in [1.29, 1.82) is 0 Å². The molecule has 0 unspecified atom stereocenters. The summed E-state index contributed by atoms with van der Waals surface area (Å²) in [6, 6.07) is 6.03. The minimum atomic E-state index is -0.215. The van der Waals surface area contributed by atoms with Gasteiger partial charge in [-0.15, -0.1) is 0 Å². The first-order valence-corrected chi connectivity index (χ1v) is 10.3. The number of aryl methyl sites for hydroxylation is 1. The van der Waals surface area contributed by atoms with Gasteiger partial charge in [0.05, 0.1) is 6.20 Å². The minimum absolute atomic E-state index is 0.0950. The molecular weight excluding hydrogens is 360 g/mol. The predicted octanol–water partition coefficient (Wildman–Crippen LogP) is 4.20. The fourth-order valence-electron chi connectivity index (χ4n) is 2.69. The van der Waals surface area contributed by atoms with Crippen LogP contribution in [0, 0.1) is 6.92 Å². The van der Waals surface area contributed by atoms with Gasteiger partial charge in [0, 0.05) is 23.3 Å². The van der Waals surface area contributed by atoms with Crippen LogP contribution in [-0.4, -0.2) is 28.9 Å². The largest absolute Gasteiger partial charge is 0.359 e. The second-order valence-electron chi connectivity index (χ2n) is 6.92. The molecule has 144 valence electrons. The van der Waals surface area contributed by atoms with Crippen LogP contribution < -0.4 is 16.0 Å². The molecule has 1 aliphatic carbocycles. The van der Waals surface area contributed by atoms with Crippen LogP contribution in [0.4, 0.5) is 10.8 Å². The lowest BCUT2D eigenvalue weighted by molar-refractivity contribution is 0.0949. The Hall–Kier alpha value is -2.41. The van der Waals surface area contributed by atoms with Crippen LogP contribution in [0.5, 0.6) is 0 Å². The molecule has 1 saturated carbocycles. The van der Waals surface area contributed by atoms with Gasteiger partial charge in [-0.1, -0.05) is 31.3 Å². The molecule has 1 heterocycles. The van der Waals surface area contributed by atoms with Crippen molar-refractivity contribution in [3.05, 3.63) is 40.4 Å². The molecule has 7 heteroatoms. The highest BCUT2D eigenvalue weighted by Crippen LogP contribution is 2.24. The van der Waals surface area contributed by atoms with Crippen LogP contribution >= 0.6 is 11.3 Å². The Balaban J connectivity index is 1.68. The summed E-state index contributed by atoms with van der Waals surface area (Å²) < 4.78 is 0. The van der Waals surface area contributed by atoms with Gasteiger partial charge in [0.2, 0.25) is 0 Å². The third-order valence-electron chi connectivity index (χ3n) is 4.70. The lowest BCUT2D eigenvalue weighted by Crippen LogP contribution is -2.25. The first-order valence-electron chi connectivity index (χ1n) is 9.45. The number of aromatic nitrogens is 1. The van der Waals surface area contributed by atoms with Gasteiger partial charge in [-0.05, 0) is 50.3 Å². The molecule has 1 fully saturated rings. The summed E-state index contributed by atoms with van der Waals surface area (Å²) in [6.45, 7) is 6.15. The molecule has 2 amide bonds. The normalized spacial score (nSPS) is 13.5. The van der Waals surface area contributed by atoms with Crippen LogP contribution in [0.15, 0.2) is 24.4 Å². The van der Waals surface area contributed by atoms with Gasteiger partial charge in [0.15, 0.2) is 5.13 Å². The highest BCUT2D eigenvalue weighted by atomic mass is 32.1. The lowest BCUT2D eigenvalue weighted by atomic mass is 10.1. The second-order valence-corrected chi connectivity index (χ2v) is 7.95. The first kappa shape index (κ1) is 19.4. The van der Waals surface area contributed by atoms with Gasteiger partial charge in [-0.3, -0.25) is 9.59 Å². The maximum absolute atomic E-state index is 12.6. The maximum Gasteiger partial charge on any atom is 0.267 e. The molecule has 2 aromatic rings. The monoisotopic (exact) mass is 386 g/mol. The first-order chi connectivity index (χ1) is 13.0. The Morgan fingerprint density at radius 2 is 1.96 bits per heavy atom. The van der Waals surface area contributed by atoms with Crippen LogP contribution in [0.2, 0.25) is 0 Å². The zero-order chi connectivity index (χ0) is 19.4. The zero-order valence-corrected chi connectivity index (χ0v) is 16.8. The molecule has 6 nitrogen and oxygen atoms in total. The van der Waals surface area contributed by atoms with Crippen LogP contribution in [0.1, 0.15) is 65.1 Å². The molecular formula is C20H26N4O2S. The van der Waals surface area contributed by atoms with Crippen molar-refractivity contribution in [2.45, 2.75) is 58.5 Å². The zero-order valence-electron chi connectivity index (χ0n) is 16.0. The van der Waals surface area contributed by atoms with E-state index in [0.717, 1.165) is 36.4 Å². The van der Waals surface area contributed by atoms with E-state index in [1.54, 1.807) is 18.3 Å². The summed E-state index contributed by atoms with van der Waals surface area (Å²) in [4.78, 5) is 29.7. The smallest absolute Gasteiger partial charge is 0.267 e. The molecule has 0 radical (unpaired) electrons. The van der Waals surface area contributed by atoms with Crippen molar-refractivity contribution < 1.29 is 9.59 Å². The van der Waals surface area contributed by atoms with Gasteiger partial charge < -0.3 is 16.0 Å². The number of hydrogen-bond acceptors (Lipinski definition) is 5. The van der Waals surface area contributed by atoms with E-state index in [1.165, 1.54) is 11.3 Å². The number of carbonyl (C=O) groups is 2. The summed E-state index contributed by atoms with van der Waals surface area (Å²) in [5, 5.41) is 9.98. The van der Waals surface area contributed by atoms with E-state index in [9.17, 15) is 9.59 Å². The van der Waals surface area contributed by atoms with E-state index in [-0.39, 0.29) is 11.8 Å². The van der Waals surface area contributed by atoms with E-state index in [2.05, 4.69) is 34.8 Å². The molecule has 0 bridgehead atoms. The van der Waals surface area contributed by atoms with E-state index in [0.29, 0.717) is 28.2 Å². The Morgan fingerprint density at radius 3 is 2.63 bits per heavy atom. The highest BCUT2D eigenvalue weighted by molar-refractivity contribution is 7.17. The van der Waals surface area contributed by atoms with E-state index >= 15 is 0 Å². The number of nitrogens with zero attached hydrogens (tertiary/aromatic N) is 1. The average Bonchev–Trinajstić information content (AvgIpc) is 3.35. The van der Waals surface area contributed by atoms with Crippen LogP contribution in [-0.2, 0) is 0 Å². The average molecular weight is 387 g/mol. The highest BCUT2D eigenvalue weighted by Gasteiger charge is 2.24. The van der Waals surface area contributed by atoms with Crippen molar-refractivity contribution in [2.24, 2.45) is 0 Å². The predicted molar refractivity (Wildman–Crippen MR) is 110 cm³/mol. The number of nitrogens with one attached hydrogen (secondary N) is 3. The lowest BCUT2D eigenvalue weighted by Gasteiger charge is -2.12. The fraction of sp³-hybridized carbons (Fsp3) is 0.450. The third-order valence-corrected chi connectivity index (χ3v) is 5.63. The molecule has 1 aromatic heterocycles. The number of carbonyl (C=O) groups excluding carboxylic acids is 2. The topological polar surface area (TPSA) is 83.1 Å². The third kappa shape index (κ3) is 5.07. The van der Waals surface area contributed by atoms with Gasteiger partial charge in [-0.25, -0.2) is 4.98 Å². The molecule has 1 aliphatic rings. The van der Waals surface area contributed by atoms with Gasteiger partial charge >= 0.3 is 0 Å². The summed E-state index contributed by atoms with van der Waals surface area (Å²) in [5.41, 5.74) is 2.11.